The van der Waals surface area contributed by atoms with Gasteiger partial charge in [-0.3, -0.25) is 0 Å². The minimum Gasteiger partial charge on any atom is -0.489 e. The van der Waals surface area contributed by atoms with E-state index < -0.39 is 5.76 Å². The van der Waals surface area contributed by atoms with Gasteiger partial charge in [0, 0.05) is 36.3 Å². The molecule has 0 aliphatic carbocycles. The maximum Gasteiger partial charge on any atom is 0.442 e. The number of ether oxygens (including phenoxy) is 1. The van der Waals surface area contributed by atoms with Crippen molar-refractivity contribution in [1.82, 2.24) is 14.7 Å². The highest BCUT2D eigenvalue weighted by atomic mass is 35.5. The van der Waals surface area contributed by atoms with E-state index in [4.69, 9.17) is 44.0 Å². The monoisotopic (exact) mass is 556 g/mol. The number of aromatic nitrogens is 2. The molecule has 2 aromatic carbocycles. The third-order valence-corrected chi connectivity index (χ3v) is 5.62. The molecule has 11 heteroatoms. The second kappa shape index (κ2) is 12.0. The predicted octanol–water partition coefficient (Wildman–Crippen LogP) is 6.96. The van der Waals surface area contributed by atoms with Crippen molar-refractivity contribution in [3.05, 3.63) is 67.4 Å². The van der Waals surface area contributed by atoms with E-state index >= 15 is 0 Å². The maximum absolute atomic E-state index is 12.1. The first-order chi connectivity index (χ1) is 16.6. The predicted molar refractivity (Wildman–Crippen MR) is 145 cm³/mol. The Morgan fingerprint density at radius 2 is 1.72 bits per heavy atom. The average Bonchev–Trinajstić information content (AvgIpc) is 3.15. The van der Waals surface area contributed by atoms with Crippen LogP contribution in [0.4, 0.5) is 10.5 Å². The molecular formula is C25H31Cl3N4O4. The van der Waals surface area contributed by atoms with Gasteiger partial charge in [-0.15, -0.1) is 5.10 Å². The van der Waals surface area contributed by atoms with Crippen LogP contribution in [0.1, 0.15) is 46.1 Å². The van der Waals surface area contributed by atoms with Crippen LogP contribution in [-0.2, 0) is 5.41 Å². The van der Waals surface area contributed by atoms with Crippen LogP contribution >= 0.6 is 34.8 Å². The Bertz CT molecular complexity index is 1280. The third kappa shape index (κ3) is 7.91. The Kier molecular flexibility index (Phi) is 9.88. The highest BCUT2D eigenvalue weighted by Crippen LogP contribution is 2.33. The van der Waals surface area contributed by atoms with E-state index in [0.29, 0.717) is 33.1 Å². The molecular weight excluding hydrogens is 527 g/mol. The van der Waals surface area contributed by atoms with Crippen molar-refractivity contribution in [1.29, 1.82) is 0 Å². The number of amides is 2. The van der Waals surface area contributed by atoms with Crippen LogP contribution in [0.15, 0.2) is 39.5 Å². The lowest BCUT2D eigenvalue weighted by molar-refractivity contribution is 0.230. The summed E-state index contributed by atoms with van der Waals surface area (Å²) >= 11 is 18.2. The molecule has 2 amide bonds. The van der Waals surface area contributed by atoms with Crippen molar-refractivity contribution in [3.8, 4) is 11.4 Å². The molecule has 1 N–H and O–H groups in total. The lowest BCUT2D eigenvalue weighted by Gasteiger charge is -2.13. The molecule has 8 nitrogen and oxygen atoms in total. The minimum atomic E-state index is -0.607. The zero-order valence-corrected chi connectivity index (χ0v) is 23.8. The number of benzene rings is 2. The fourth-order valence-corrected chi connectivity index (χ4v) is 3.35. The van der Waals surface area contributed by atoms with Gasteiger partial charge in [-0.25, -0.2) is 9.59 Å². The van der Waals surface area contributed by atoms with Crippen molar-refractivity contribution in [2.75, 3.05) is 19.4 Å². The molecule has 0 radical (unpaired) electrons. The summed E-state index contributed by atoms with van der Waals surface area (Å²) in [6.45, 7) is 11.4. The lowest BCUT2D eigenvalue weighted by Crippen LogP contribution is -2.27. The summed E-state index contributed by atoms with van der Waals surface area (Å²) in [4.78, 5) is 24.8. The van der Waals surface area contributed by atoms with Gasteiger partial charge < -0.3 is 19.4 Å². The van der Waals surface area contributed by atoms with E-state index in [9.17, 15) is 9.59 Å². The Morgan fingerprint density at radius 1 is 1.08 bits per heavy atom. The fourth-order valence-electron chi connectivity index (χ4n) is 2.66. The Labute approximate surface area is 226 Å². The molecule has 196 valence electrons. The van der Waals surface area contributed by atoms with E-state index in [2.05, 4.69) is 10.4 Å². The van der Waals surface area contributed by atoms with Crippen molar-refractivity contribution in [2.24, 2.45) is 0 Å². The first-order valence-corrected chi connectivity index (χ1v) is 12.2. The molecule has 0 bridgehead atoms. The molecule has 0 atom stereocenters. The zero-order valence-electron chi connectivity index (χ0n) is 21.6. The number of carbonyl (C=O) groups excluding carboxylic acids is 1. The molecule has 3 aromatic rings. The van der Waals surface area contributed by atoms with Crippen molar-refractivity contribution in [2.45, 2.75) is 53.1 Å². The Balaban J connectivity index is 0.000000281. The zero-order chi connectivity index (χ0) is 27.4. The summed E-state index contributed by atoms with van der Waals surface area (Å²) in [6, 6.07) is 8.37. The van der Waals surface area contributed by atoms with Crippen LogP contribution in [0.25, 0.3) is 5.69 Å². The van der Waals surface area contributed by atoms with E-state index in [-0.39, 0.29) is 22.6 Å². The quantitative estimate of drug-likeness (QED) is 0.374. The largest absolute Gasteiger partial charge is 0.489 e. The van der Waals surface area contributed by atoms with Gasteiger partial charge in [-0.2, -0.15) is 4.68 Å². The number of rotatable bonds is 4. The molecule has 0 spiro atoms. The molecule has 1 heterocycles. The summed E-state index contributed by atoms with van der Waals surface area (Å²) < 4.78 is 11.9. The molecule has 36 heavy (non-hydrogen) atoms. The Morgan fingerprint density at radius 3 is 2.22 bits per heavy atom. The fraction of sp³-hybridized carbons (Fsp3) is 0.400. The van der Waals surface area contributed by atoms with Gasteiger partial charge in [0.05, 0.1) is 21.8 Å². The second-order valence-electron chi connectivity index (χ2n) is 9.52. The number of hydrogen-bond acceptors (Lipinski definition) is 5. The van der Waals surface area contributed by atoms with Crippen LogP contribution in [0.2, 0.25) is 15.1 Å². The number of aryl methyl sites for hydroxylation is 1. The minimum absolute atomic E-state index is 0.0642. The Hall–Kier alpha value is -2.68. The van der Waals surface area contributed by atoms with Gasteiger partial charge in [0.2, 0.25) is 5.89 Å². The first-order valence-electron chi connectivity index (χ1n) is 11.1. The number of carbonyl (C=O) groups is 1. The topological polar surface area (TPSA) is 89.6 Å². The number of nitrogens with one attached hydrogen (secondary N) is 1. The molecule has 0 aliphatic heterocycles. The van der Waals surface area contributed by atoms with Crippen molar-refractivity contribution >= 4 is 46.5 Å². The van der Waals surface area contributed by atoms with E-state index in [0.717, 1.165) is 10.2 Å². The van der Waals surface area contributed by atoms with Crippen molar-refractivity contribution < 1.29 is 13.9 Å². The number of halogens is 3. The van der Waals surface area contributed by atoms with Crippen LogP contribution in [0, 0.1) is 6.92 Å². The first kappa shape index (κ1) is 29.5. The van der Waals surface area contributed by atoms with E-state index in [1.165, 1.54) is 11.0 Å². The van der Waals surface area contributed by atoms with Gasteiger partial charge in [0.1, 0.15) is 5.75 Å². The molecule has 0 unspecified atom stereocenters. The second-order valence-corrected chi connectivity index (χ2v) is 10.7. The SMILES string of the molecule is CC(C)Oc1cc(-n2nc(C(C)(C)C)oc2=O)c(Cl)cc1Cl.Cc1ccc(NC(=O)N(C)C)cc1Cl. The average molecular weight is 558 g/mol. The normalized spacial score (nSPS) is 11.1. The van der Waals surface area contributed by atoms with Gasteiger partial charge in [0.15, 0.2) is 0 Å². The standard InChI is InChI=1S/C15H18Cl2N2O3.C10H13ClN2O/c1-8(2)21-12-7-11(9(16)6-10(12)17)19-14(20)22-13(18-19)15(3,4)5;1-7-4-5-8(6-9(7)11)12-10(14)13(2)3/h6-8H,1-5H3;4-6H,1-3H3,(H,12,14). The number of urea groups is 1. The van der Waals surface area contributed by atoms with Gasteiger partial charge in [-0.05, 0) is 44.5 Å². The maximum atomic E-state index is 12.1. The summed E-state index contributed by atoms with van der Waals surface area (Å²) in [6.07, 6.45) is -0.0642. The van der Waals surface area contributed by atoms with Crippen LogP contribution in [0.3, 0.4) is 0 Å². The third-order valence-electron chi connectivity index (χ3n) is 4.61. The van der Waals surface area contributed by atoms with Gasteiger partial charge in [-0.1, -0.05) is 61.6 Å². The summed E-state index contributed by atoms with van der Waals surface area (Å²) in [5, 5.41) is 8.24. The number of nitrogens with zero attached hydrogens (tertiary/aromatic N) is 3. The summed E-state index contributed by atoms with van der Waals surface area (Å²) in [7, 11) is 3.37. The number of anilines is 1. The molecule has 1 aromatic heterocycles. The van der Waals surface area contributed by atoms with Gasteiger partial charge >= 0.3 is 11.8 Å². The summed E-state index contributed by atoms with van der Waals surface area (Å²) in [5.74, 6) is 0.155. The molecule has 0 saturated heterocycles. The lowest BCUT2D eigenvalue weighted by atomic mass is 9.97. The van der Waals surface area contributed by atoms with Crippen molar-refractivity contribution in [3.63, 3.8) is 0 Å². The smallest absolute Gasteiger partial charge is 0.442 e. The highest BCUT2D eigenvalue weighted by Gasteiger charge is 2.24. The molecule has 0 saturated carbocycles. The number of hydrogen-bond donors (Lipinski definition) is 1. The van der Waals surface area contributed by atoms with Gasteiger partial charge in [0.25, 0.3) is 0 Å². The van der Waals surface area contributed by atoms with Crippen LogP contribution in [-0.4, -0.2) is 40.9 Å². The molecule has 0 fully saturated rings. The van der Waals surface area contributed by atoms with E-state index in [1.807, 2.05) is 53.7 Å². The van der Waals surface area contributed by atoms with E-state index in [1.54, 1.807) is 26.2 Å². The van der Waals surface area contributed by atoms with Crippen LogP contribution in [0.5, 0.6) is 5.75 Å². The molecule has 3 rings (SSSR count). The summed E-state index contributed by atoms with van der Waals surface area (Å²) in [5.41, 5.74) is 1.68. The van der Waals surface area contributed by atoms with Crippen LogP contribution < -0.4 is 15.8 Å². The highest BCUT2D eigenvalue weighted by molar-refractivity contribution is 6.36. The molecule has 0 aliphatic rings.